The summed E-state index contributed by atoms with van der Waals surface area (Å²) in [7, 11) is 3.35. The highest BCUT2D eigenvalue weighted by Gasteiger charge is 2.23. The number of rotatable bonds is 20. The van der Waals surface area contributed by atoms with Gasteiger partial charge in [-0.1, -0.05) is 125 Å². The molecular formula is C40H50O5S2. The summed E-state index contributed by atoms with van der Waals surface area (Å²) in [6.45, 7) is 4.35. The van der Waals surface area contributed by atoms with Gasteiger partial charge in [-0.15, -0.1) is 0 Å². The third kappa shape index (κ3) is 11.0. The van der Waals surface area contributed by atoms with Crippen LogP contribution in [-0.4, -0.2) is 24.4 Å². The van der Waals surface area contributed by atoms with E-state index in [4.69, 9.17) is 13.1 Å². The smallest absolute Gasteiger partial charge is 0.119 e. The molecule has 252 valence electrons. The molecule has 2 N–H and O–H groups in total. The monoisotopic (exact) mass is 674 g/mol. The molecule has 0 heterocycles. The highest BCUT2D eigenvalue weighted by Crippen LogP contribution is 2.46. The van der Waals surface area contributed by atoms with Crippen LogP contribution in [0.15, 0.2) is 97.1 Å². The maximum atomic E-state index is 11.0. The van der Waals surface area contributed by atoms with E-state index in [0.717, 1.165) is 96.2 Å². The molecule has 0 saturated carbocycles. The average molecular weight is 675 g/mol. The van der Waals surface area contributed by atoms with Gasteiger partial charge in [-0.2, -0.15) is 0 Å². The van der Waals surface area contributed by atoms with Gasteiger partial charge in [-0.25, -0.2) is 3.63 Å². The Morgan fingerprint density at radius 1 is 0.511 bits per heavy atom. The molecule has 4 aromatic rings. The van der Waals surface area contributed by atoms with Crippen LogP contribution >= 0.6 is 24.1 Å². The van der Waals surface area contributed by atoms with E-state index in [-0.39, 0.29) is 10.5 Å². The summed E-state index contributed by atoms with van der Waals surface area (Å²) in [4.78, 5) is 0. The Bertz CT molecular complexity index is 1380. The van der Waals surface area contributed by atoms with Gasteiger partial charge in [0.05, 0.1) is 36.9 Å². The predicted molar refractivity (Wildman–Crippen MR) is 197 cm³/mol. The molecule has 7 heteroatoms. The van der Waals surface area contributed by atoms with Crippen molar-refractivity contribution >= 4 is 24.1 Å². The van der Waals surface area contributed by atoms with Crippen LogP contribution in [-0.2, 0) is 3.63 Å². The molecular weight excluding hydrogens is 625 g/mol. The van der Waals surface area contributed by atoms with Crippen LogP contribution in [0.5, 0.6) is 11.5 Å². The van der Waals surface area contributed by atoms with E-state index in [1.807, 2.05) is 60.7 Å². The van der Waals surface area contributed by atoms with Crippen molar-refractivity contribution in [2.24, 2.45) is 0 Å². The lowest BCUT2D eigenvalue weighted by atomic mass is 9.97. The third-order valence-corrected chi connectivity index (χ3v) is 10.5. The van der Waals surface area contributed by atoms with Crippen molar-refractivity contribution < 1.29 is 23.3 Å². The van der Waals surface area contributed by atoms with Crippen molar-refractivity contribution in [2.75, 3.05) is 14.2 Å². The second kappa shape index (κ2) is 19.8. The number of benzene rings is 4. The van der Waals surface area contributed by atoms with Gasteiger partial charge < -0.3 is 19.7 Å². The Morgan fingerprint density at radius 2 is 0.872 bits per heavy atom. The first-order chi connectivity index (χ1) is 23.0. The van der Waals surface area contributed by atoms with Crippen molar-refractivity contribution in [2.45, 2.75) is 87.9 Å². The molecule has 0 aliphatic rings. The Labute approximate surface area is 290 Å². The molecule has 4 aromatic carbocycles. The highest BCUT2D eigenvalue weighted by atomic mass is 32.2. The Balaban J connectivity index is 1.62. The fourth-order valence-corrected chi connectivity index (χ4v) is 7.53. The Hall–Kier alpha value is -2.94. The maximum absolute atomic E-state index is 11.0. The van der Waals surface area contributed by atoms with Gasteiger partial charge in [-0.05, 0) is 70.5 Å². The first kappa shape index (κ1) is 36.9. The molecule has 4 unspecified atom stereocenters. The molecule has 4 atom stereocenters. The van der Waals surface area contributed by atoms with E-state index in [1.165, 1.54) is 24.1 Å². The quantitative estimate of drug-likeness (QED) is 0.0714. The number of hydrogen-bond donors (Lipinski definition) is 2. The first-order valence-corrected chi connectivity index (χ1v) is 18.4. The molecule has 47 heavy (non-hydrogen) atoms. The molecule has 0 spiro atoms. The second-order valence-electron chi connectivity index (χ2n) is 11.9. The zero-order valence-corrected chi connectivity index (χ0v) is 29.8. The van der Waals surface area contributed by atoms with Gasteiger partial charge in [0, 0.05) is 24.1 Å². The SMILES string of the molecule is CCCCCC(O)c1cccc(C(SOSC(c2cccc(OC)c2)c2cccc(C(O)CCCCC)c2)c2cccc(OC)c2)c1. The van der Waals surface area contributed by atoms with Gasteiger partial charge in [0.15, 0.2) is 0 Å². The molecule has 5 nitrogen and oxygen atoms in total. The lowest BCUT2D eigenvalue weighted by molar-refractivity contribution is 0.163. The molecule has 0 aliphatic heterocycles. The Kier molecular flexibility index (Phi) is 15.5. The highest BCUT2D eigenvalue weighted by molar-refractivity contribution is 8.08. The van der Waals surface area contributed by atoms with Gasteiger partial charge in [0.25, 0.3) is 0 Å². The largest absolute Gasteiger partial charge is 0.497 e. The number of unbranched alkanes of at least 4 members (excludes halogenated alkanes) is 4. The lowest BCUT2D eigenvalue weighted by Gasteiger charge is -2.22. The van der Waals surface area contributed by atoms with Crippen LogP contribution < -0.4 is 9.47 Å². The topological polar surface area (TPSA) is 68.2 Å². The summed E-state index contributed by atoms with van der Waals surface area (Å²) >= 11 is 2.77. The van der Waals surface area contributed by atoms with Crippen molar-refractivity contribution in [3.05, 3.63) is 130 Å². The minimum absolute atomic E-state index is 0.168. The van der Waals surface area contributed by atoms with Crippen LogP contribution in [0.4, 0.5) is 0 Å². The van der Waals surface area contributed by atoms with Crippen LogP contribution in [0, 0.1) is 0 Å². The maximum Gasteiger partial charge on any atom is 0.119 e. The van der Waals surface area contributed by atoms with E-state index < -0.39 is 12.2 Å². The molecule has 0 saturated heterocycles. The fourth-order valence-electron chi connectivity index (χ4n) is 5.69. The number of hydrogen-bond acceptors (Lipinski definition) is 7. The summed E-state index contributed by atoms with van der Waals surface area (Å²) in [5, 5.41) is 21.6. The molecule has 0 fully saturated rings. The average Bonchev–Trinajstić information content (AvgIpc) is 3.12. The molecule has 0 aliphatic carbocycles. The van der Waals surface area contributed by atoms with Gasteiger partial charge in [-0.3, -0.25) is 0 Å². The first-order valence-electron chi connectivity index (χ1n) is 16.8. The minimum atomic E-state index is -0.505. The number of ether oxygens (including phenoxy) is 2. The van der Waals surface area contributed by atoms with E-state index in [2.05, 4.69) is 50.2 Å². The molecule has 0 amide bonds. The normalized spacial score (nSPS) is 13.9. The van der Waals surface area contributed by atoms with E-state index in [1.54, 1.807) is 14.2 Å². The van der Waals surface area contributed by atoms with E-state index in [9.17, 15) is 10.2 Å². The van der Waals surface area contributed by atoms with Crippen molar-refractivity contribution in [1.82, 2.24) is 0 Å². The zero-order chi connectivity index (χ0) is 33.4. The second-order valence-corrected chi connectivity index (χ2v) is 13.8. The van der Waals surface area contributed by atoms with Crippen LogP contribution in [0.1, 0.15) is 121 Å². The standard InChI is InChI=1S/C40H50O5S2/c1-5-7-9-23-37(41)29-15-11-17-31(25-29)39(33-19-13-21-35(27-33)43-3)46-45-47-40(34-20-14-22-36(28-34)44-4)32-18-12-16-30(26-32)38(42)24-10-8-6-2/h11-22,25-28,37-42H,5-10,23-24H2,1-4H3. The summed E-state index contributed by atoms with van der Waals surface area (Å²) in [5.41, 5.74) is 6.02. The van der Waals surface area contributed by atoms with E-state index in [0.29, 0.717) is 0 Å². The van der Waals surface area contributed by atoms with Crippen molar-refractivity contribution in [3.8, 4) is 11.5 Å². The number of aliphatic hydroxyl groups is 2. The van der Waals surface area contributed by atoms with Crippen molar-refractivity contribution in [1.29, 1.82) is 0 Å². The van der Waals surface area contributed by atoms with Crippen LogP contribution in [0.3, 0.4) is 0 Å². The molecule has 4 rings (SSSR count). The summed E-state index contributed by atoms with van der Waals surface area (Å²) in [6.07, 6.45) is 6.94. The van der Waals surface area contributed by atoms with Gasteiger partial charge >= 0.3 is 0 Å². The van der Waals surface area contributed by atoms with Crippen molar-refractivity contribution in [3.63, 3.8) is 0 Å². The lowest BCUT2D eigenvalue weighted by Crippen LogP contribution is -2.04. The molecule has 0 bridgehead atoms. The summed E-state index contributed by atoms with van der Waals surface area (Å²) < 4.78 is 17.7. The number of methoxy groups -OCH3 is 2. The summed E-state index contributed by atoms with van der Waals surface area (Å²) in [5.74, 6) is 1.56. The molecule has 0 radical (unpaired) electrons. The predicted octanol–water partition coefficient (Wildman–Crippen LogP) is 11.1. The molecule has 0 aromatic heterocycles. The van der Waals surface area contributed by atoms with Gasteiger partial charge in [0.1, 0.15) is 11.5 Å². The zero-order valence-electron chi connectivity index (χ0n) is 28.1. The minimum Gasteiger partial charge on any atom is -0.497 e. The summed E-state index contributed by atoms with van der Waals surface area (Å²) in [6, 6.07) is 32.6. The van der Waals surface area contributed by atoms with Crippen LogP contribution in [0.2, 0.25) is 0 Å². The Morgan fingerprint density at radius 3 is 1.26 bits per heavy atom. The fraction of sp³-hybridized carbons (Fsp3) is 0.400. The van der Waals surface area contributed by atoms with Crippen LogP contribution in [0.25, 0.3) is 0 Å². The third-order valence-electron chi connectivity index (χ3n) is 8.42. The van der Waals surface area contributed by atoms with Gasteiger partial charge in [0.2, 0.25) is 0 Å². The van der Waals surface area contributed by atoms with E-state index >= 15 is 0 Å². The number of aliphatic hydroxyl groups excluding tert-OH is 2.